The Morgan fingerprint density at radius 3 is 2.68 bits per heavy atom. The van der Waals surface area contributed by atoms with Crippen LogP contribution in [0.15, 0.2) is 24.3 Å². The summed E-state index contributed by atoms with van der Waals surface area (Å²) in [6.45, 7) is 5.90. The van der Waals surface area contributed by atoms with E-state index in [0.717, 1.165) is 25.3 Å². The number of nitrogens with zero attached hydrogens (tertiary/aromatic N) is 3. The van der Waals surface area contributed by atoms with Crippen LogP contribution in [0.4, 0.5) is 11.5 Å². The molecule has 1 N–H and O–H groups in total. The fourth-order valence-corrected chi connectivity index (χ4v) is 3.51. The number of benzene rings is 1. The number of hydrogen-bond donors (Lipinski definition) is 1. The van der Waals surface area contributed by atoms with Crippen molar-refractivity contribution in [3.63, 3.8) is 0 Å². The van der Waals surface area contributed by atoms with Crippen molar-refractivity contribution in [2.45, 2.75) is 26.7 Å². The van der Waals surface area contributed by atoms with Gasteiger partial charge in [-0.15, -0.1) is 0 Å². The summed E-state index contributed by atoms with van der Waals surface area (Å²) >= 11 is 12.2. The Balaban J connectivity index is 1.85. The number of anilines is 2. The highest BCUT2D eigenvalue weighted by atomic mass is 35.5. The molecule has 1 aromatic heterocycles. The van der Waals surface area contributed by atoms with Crippen molar-refractivity contribution in [1.82, 2.24) is 9.97 Å². The van der Waals surface area contributed by atoms with Gasteiger partial charge in [0.05, 0.1) is 15.7 Å². The molecule has 0 saturated carbocycles. The van der Waals surface area contributed by atoms with Crippen LogP contribution in [0.2, 0.25) is 10.0 Å². The number of carbonyl (C=O) groups excluding carboxylic acids is 1. The zero-order valence-electron chi connectivity index (χ0n) is 14.2. The molecule has 25 heavy (non-hydrogen) atoms. The lowest BCUT2D eigenvalue weighted by atomic mass is 10.0. The second kappa shape index (κ2) is 7.58. The first kappa shape index (κ1) is 18.0. The predicted molar refractivity (Wildman–Crippen MR) is 102 cm³/mol. The Morgan fingerprint density at radius 2 is 2.00 bits per heavy atom. The molecule has 1 unspecified atom stereocenters. The van der Waals surface area contributed by atoms with Gasteiger partial charge in [-0.05, 0) is 37.8 Å². The fourth-order valence-electron chi connectivity index (χ4n) is 3.02. The number of rotatable bonds is 3. The second-order valence-corrected chi connectivity index (χ2v) is 7.22. The third-order valence-corrected chi connectivity index (χ3v) is 4.87. The van der Waals surface area contributed by atoms with Gasteiger partial charge in [-0.25, -0.2) is 9.97 Å². The minimum Gasteiger partial charge on any atom is -0.356 e. The zero-order chi connectivity index (χ0) is 18.0. The van der Waals surface area contributed by atoms with Crippen LogP contribution in [0.1, 0.15) is 36.1 Å². The third kappa shape index (κ3) is 4.22. The van der Waals surface area contributed by atoms with Gasteiger partial charge in [-0.1, -0.05) is 36.2 Å². The fraction of sp³-hybridized carbons (Fsp3) is 0.389. The van der Waals surface area contributed by atoms with Crippen molar-refractivity contribution in [3.05, 3.63) is 45.8 Å². The summed E-state index contributed by atoms with van der Waals surface area (Å²) in [6.07, 6.45) is 2.35. The molecule has 5 nitrogen and oxygen atoms in total. The molecule has 1 aliphatic rings. The summed E-state index contributed by atoms with van der Waals surface area (Å²) in [5, 5.41) is 3.52. The largest absolute Gasteiger partial charge is 0.356 e. The molecular formula is C18H20Cl2N4O. The van der Waals surface area contributed by atoms with Crippen LogP contribution in [-0.2, 0) is 0 Å². The van der Waals surface area contributed by atoms with Gasteiger partial charge in [0.2, 0.25) is 0 Å². The Hall–Kier alpha value is -1.85. The minimum atomic E-state index is -0.355. The molecule has 1 atom stereocenters. The van der Waals surface area contributed by atoms with E-state index in [0.29, 0.717) is 33.2 Å². The van der Waals surface area contributed by atoms with E-state index in [1.54, 1.807) is 31.2 Å². The number of piperidine rings is 1. The molecular weight excluding hydrogens is 359 g/mol. The topological polar surface area (TPSA) is 58.1 Å². The van der Waals surface area contributed by atoms with Crippen molar-refractivity contribution in [2.75, 3.05) is 23.3 Å². The smallest absolute Gasteiger partial charge is 0.274 e. The molecule has 1 amide bonds. The second-order valence-electron chi connectivity index (χ2n) is 6.40. The van der Waals surface area contributed by atoms with Crippen molar-refractivity contribution in [3.8, 4) is 0 Å². The molecule has 1 fully saturated rings. The van der Waals surface area contributed by atoms with Gasteiger partial charge in [-0.3, -0.25) is 4.79 Å². The Bertz CT molecular complexity index is 776. The van der Waals surface area contributed by atoms with Gasteiger partial charge in [0, 0.05) is 19.2 Å². The van der Waals surface area contributed by atoms with Crippen LogP contribution < -0.4 is 10.2 Å². The van der Waals surface area contributed by atoms with E-state index in [1.807, 2.05) is 0 Å². The summed E-state index contributed by atoms with van der Waals surface area (Å²) in [5.74, 6) is 1.61. The molecule has 0 bridgehead atoms. The average molecular weight is 379 g/mol. The Labute approximate surface area is 157 Å². The quantitative estimate of drug-likeness (QED) is 0.848. The molecule has 3 rings (SSSR count). The zero-order valence-corrected chi connectivity index (χ0v) is 15.7. The minimum absolute atomic E-state index is 0.303. The highest BCUT2D eigenvalue weighted by Crippen LogP contribution is 2.30. The summed E-state index contributed by atoms with van der Waals surface area (Å²) in [7, 11) is 0. The number of nitrogens with one attached hydrogen (secondary N) is 1. The van der Waals surface area contributed by atoms with Gasteiger partial charge in [0.15, 0.2) is 0 Å². The monoisotopic (exact) mass is 378 g/mol. The van der Waals surface area contributed by atoms with Crippen LogP contribution in [-0.4, -0.2) is 29.0 Å². The van der Waals surface area contributed by atoms with E-state index in [9.17, 15) is 4.79 Å². The number of halogens is 2. The molecule has 2 aromatic rings. The molecule has 1 saturated heterocycles. The maximum absolute atomic E-state index is 12.6. The molecule has 132 valence electrons. The number of aryl methyl sites for hydroxylation is 1. The van der Waals surface area contributed by atoms with E-state index < -0.39 is 0 Å². The van der Waals surface area contributed by atoms with Crippen LogP contribution >= 0.6 is 23.2 Å². The highest BCUT2D eigenvalue weighted by Gasteiger charge is 2.20. The first-order valence-electron chi connectivity index (χ1n) is 8.30. The van der Waals surface area contributed by atoms with Gasteiger partial charge in [-0.2, -0.15) is 0 Å². The predicted octanol–water partition coefficient (Wildman–Crippen LogP) is 4.58. The van der Waals surface area contributed by atoms with Gasteiger partial charge in [0.25, 0.3) is 5.91 Å². The Kier molecular flexibility index (Phi) is 5.45. The van der Waals surface area contributed by atoms with Crippen LogP contribution in [0.5, 0.6) is 0 Å². The van der Waals surface area contributed by atoms with E-state index >= 15 is 0 Å². The normalized spacial score (nSPS) is 17.4. The summed E-state index contributed by atoms with van der Waals surface area (Å²) in [5.41, 5.74) is 0.692. The summed E-state index contributed by atoms with van der Waals surface area (Å²) < 4.78 is 0. The van der Waals surface area contributed by atoms with Crippen molar-refractivity contribution in [1.29, 1.82) is 0 Å². The SMILES string of the molecule is Cc1nc(C(=O)Nc2c(Cl)cccc2Cl)cc(N2CCCC(C)C2)n1. The molecule has 0 spiro atoms. The lowest BCUT2D eigenvalue weighted by molar-refractivity contribution is 0.102. The van der Waals surface area contributed by atoms with Crippen molar-refractivity contribution < 1.29 is 4.79 Å². The number of hydrogen-bond acceptors (Lipinski definition) is 4. The highest BCUT2D eigenvalue weighted by molar-refractivity contribution is 6.40. The van der Waals surface area contributed by atoms with Crippen molar-refractivity contribution >= 4 is 40.6 Å². The lowest BCUT2D eigenvalue weighted by Crippen LogP contribution is -2.35. The van der Waals surface area contributed by atoms with Crippen LogP contribution in [0, 0.1) is 12.8 Å². The summed E-state index contributed by atoms with van der Waals surface area (Å²) in [6, 6.07) is 6.81. The first-order chi connectivity index (χ1) is 11.9. The number of aromatic nitrogens is 2. The standard InChI is InChI=1S/C18H20Cl2N4O/c1-11-5-4-8-24(10-11)16-9-15(21-12(2)22-16)18(25)23-17-13(19)6-3-7-14(17)20/h3,6-7,9,11H,4-5,8,10H2,1-2H3,(H,23,25). The molecule has 2 heterocycles. The maximum Gasteiger partial charge on any atom is 0.274 e. The number of para-hydroxylation sites is 1. The lowest BCUT2D eigenvalue weighted by Gasteiger charge is -2.32. The van der Waals surface area contributed by atoms with Gasteiger partial charge < -0.3 is 10.2 Å². The first-order valence-corrected chi connectivity index (χ1v) is 9.05. The van der Waals surface area contributed by atoms with Crippen LogP contribution in [0.25, 0.3) is 0 Å². The molecule has 0 radical (unpaired) electrons. The van der Waals surface area contributed by atoms with E-state index in [4.69, 9.17) is 23.2 Å². The van der Waals surface area contributed by atoms with E-state index in [-0.39, 0.29) is 5.91 Å². The van der Waals surface area contributed by atoms with E-state index in [2.05, 4.69) is 27.1 Å². The summed E-state index contributed by atoms with van der Waals surface area (Å²) in [4.78, 5) is 23.6. The average Bonchev–Trinajstić information content (AvgIpc) is 2.57. The molecule has 1 aliphatic heterocycles. The Morgan fingerprint density at radius 1 is 1.28 bits per heavy atom. The maximum atomic E-state index is 12.6. The van der Waals surface area contributed by atoms with Gasteiger partial charge >= 0.3 is 0 Å². The van der Waals surface area contributed by atoms with Crippen LogP contribution in [0.3, 0.4) is 0 Å². The van der Waals surface area contributed by atoms with Crippen molar-refractivity contribution in [2.24, 2.45) is 5.92 Å². The molecule has 1 aromatic carbocycles. The third-order valence-electron chi connectivity index (χ3n) is 4.24. The molecule has 0 aliphatic carbocycles. The van der Waals surface area contributed by atoms with Gasteiger partial charge in [0.1, 0.15) is 17.3 Å². The number of amides is 1. The number of carbonyl (C=O) groups is 1. The van der Waals surface area contributed by atoms with E-state index in [1.165, 1.54) is 6.42 Å². The molecule has 7 heteroatoms.